The summed E-state index contributed by atoms with van der Waals surface area (Å²) in [7, 11) is 0. The molecular weight excluding hydrogens is 392 g/mol. The number of nitrogens with two attached hydrogens (primary N) is 1. The van der Waals surface area contributed by atoms with E-state index >= 15 is 0 Å². The van der Waals surface area contributed by atoms with Gasteiger partial charge in [0, 0.05) is 41.8 Å². The lowest BCUT2D eigenvalue weighted by atomic mass is 9.92. The molecule has 0 unspecified atom stereocenters. The summed E-state index contributed by atoms with van der Waals surface area (Å²) in [6.07, 6.45) is 8.81. The quantitative estimate of drug-likeness (QED) is 0.498. The van der Waals surface area contributed by atoms with E-state index < -0.39 is 0 Å². The standard InChI is InChI=1S/C22H30N8O/c1-22(2,3)28-17-12-19(26-15-6-4-14(23)5-7-15)29-30-18(13-25-20(17)30)21(31)27-16-8-10-24-11-9-16/h8-15,28H,4-7,23H2,1-3H3,(H,26,29)(H,24,27,31). The highest BCUT2D eigenvalue weighted by Crippen LogP contribution is 2.26. The van der Waals surface area contributed by atoms with Crippen LogP contribution >= 0.6 is 0 Å². The topological polar surface area (TPSA) is 122 Å². The molecule has 3 heterocycles. The zero-order valence-electron chi connectivity index (χ0n) is 18.2. The molecule has 3 aromatic heterocycles. The van der Waals surface area contributed by atoms with Crippen molar-refractivity contribution in [1.82, 2.24) is 19.6 Å². The molecule has 0 bridgehead atoms. The lowest BCUT2D eigenvalue weighted by molar-refractivity contribution is 0.102. The summed E-state index contributed by atoms with van der Waals surface area (Å²) in [5.74, 6) is 0.421. The molecule has 164 valence electrons. The van der Waals surface area contributed by atoms with Crippen molar-refractivity contribution in [2.45, 2.75) is 64.1 Å². The number of nitrogens with one attached hydrogen (secondary N) is 3. The number of imidazole rings is 1. The Hall–Kier alpha value is -3.20. The maximum atomic E-state index is 12.9. The molecular formula is C22H30N8O. The van der Waals surface area contributed by atoms with Crippen LogP contribution in [-0.2, 0) is 0 Å². The average molecular weight is 423 g/mol. The van der Waals surface area contributed by atoms with Gasteiger partial charge in [0.1, 0.15) is 5.82 Å². The van der Waals surface area contributed by atoms with E-state index in [1.165, 1.54) is 0 Å². The third-order valence-corrected chi connectivity index (χ3v) is 5.27. The van der Waals surface area contributed by atoms with E-state index in [0.29, 0.717) is 28.9 Å². The van der Waals surface area contributed by atoms with Gasteiger partial charge < -0.3 is 21.7 Å². The molecule has 5 N–H and O–H groups in total. The molecule has 1 fully saturated rings. The number of hydrogen-bond donors (Lipinski definition) is 4. The van der Waals surface area contributed by atoms with Gasteiger partial charge in [0.05, 0.1) is 11.9 Å². The minimum atomic E-state index is -0.284. The first-order valence-corrected chi connectivity index (χ1v) is 10.7. The number of carbonyl (C=O) groups is 1. The van der Waals surface area contributed by atoms with E-state index in [2.05, 4.69) is 46.7 Å². The van der Waals surface area contributed by atoms with Gasteiger partial charge in [0.15, 0.2) is 11.3 Å². The first-order chi connectivity index (χ1) is 14.8. The third kappa shape index (κ3) is 5.11. The predicted molar refractivity (Wildman–Crippen MR) is 122 cm³/mol. The van der Waals surface area contributed by atoms with Crippen LogP contribution in [0, 0.1) is 0 Å². The van der Waals surface area contributed by atoms with Crippen LogP contribution < -0.4 is 21.7 Å². The van der Waals surface area contributed by atoms with Crippen LogP contribution in [0.5, 0.6) is 0 Å². The van der Waals surface area contributed by atoms with Gasteiger partial charge in [-0.1, -0.05) is 0 Å². The summed E-state index contributed by atoms with van der Waals surface area (Å²) in [5, 5.41) is 14.6. The highest BCUT2D eigenvalue weighted by atomic mass is 16.2. The number of aromatic nitrogens is 4. The maximum Gasteiger partial charge on any atom is 0.276 e. The Bertz CT molecular complexity index is 1050. The van der Waals surface area contributed by atoms with Gasteiger partial charge >= 0.3 is 0 Å². The summed E-state index contributed by atoms with van der Waals surface area (Å²) in [6.45, 7) is 6.25. The number of anilines is 3. The van der Waals surface area contributed by atoms with E-state index in [1.807, 2.05) is 6.07 Å². The highest BCUT2D eigenvalue weighted by Gasteiger charge is 2.22. The molecule has 1 saturated carbocycles. The normalized spacial score (nSPS) is 19.2. The van der Waals surface area contributed by atoms with Crippen molar-refractivity contribution < 1.29 is 4.79 Å². The number of rotatable bonds is 5. The highest BCUT2D eigenvalue weighted by molar-refractivity contribution is 6.03. The van der Waals surface area contributed by atoms with Crippen molar-refractivity contribution in [3.8, 4) is 0 Å². The van der Waals surface area contributed by atoms with Crippen LogP contribution in [-0.4, -0.2) is 43.1 Å². The summed E-state index contributed by atoms with van der Waals surface area (Å²) in [6, 6.07) is 6.03. The Balaban J connectivity index is 1.67. The summed E-state index contributed by atoms with van der Waals surface area (Å²) < 4.78 is 1.60. The van der Waals surface area contributed by atoms with Gasteiger partial charge in [-0.3, -0.25) is 9.78 Å². The lowest BCUT2D eigenvalue weighted by Gasteiger charge is -2.28. The van der Waals surface area contributed by atoms with Crippen LogP contribution in [0.15, 0.2) is 36.8 Å². The molecule has 0 aromatic carbocycles. The van der Waals surface area contributed by atoms with Crippen molar-refractivity contribution in [2.24, 2.45) is 5.73 Å². The van der Waals surface area contributed by atoms with Crippen molar-refractivity contribution in [1.29, 1.82) is 0 Å². The maximum absolute atomic E-state index is 12.9. The van der Waals surface area contributed by atoms with E-state index in [9.17, 15) is 4.79 Å². The van der Waals surface area contributed by atoms with Crippen molar-refractivity contribution in [2.75, 3.05) is 16.0 Å². The Kier molecular flexibility index (Phi) is 5.77. The molecule has 0 spiro atoms. The summed E-state index contributed by atoms with van der Waals surface area (Å²) in [4.78, 5) is 21.4. The van der Waals surface area contributed by atoms with Crippen molar-refractivity contribution >= 4 is 28.7 Å². The number of pyridine rings is 1. The zero-order valence-corrected chi connectivity index (χ0v) is 18.2. The van der Waals surface area contributed by atoms with Gasteiger partial charge in [-0.05, 0) is 58.6 Å². The monoisotopic (exact) mass is 422 g/mol. The van der Waals surface area contributed by atoms with Crippen LogP contribution in [0.25, 0.3) is 5.65 Å². The number of amides is 1. The molecule has 9 nitrogen and oxygen atoms in total. The fourth-order valence-corrected chi connectivity index (χ4v) is 3.79. The number of nitrogens with zero attached hydrogens (tertiary/aromatic N) is 4. The molecule has 4 rings (SSSR count). The van der Waals surface area contributed by atoms with E-state index in [0.717, 1.165) is 31.4 Å². The molecule has 0 atom stereocenters. The molecule has 0 aliphatic heterocycles. The molecule has 0 radical (unpaired) electrons. The first-order valence-electron chi connectivity index (χ1n) is 10.7. The smallest absolute Gasteiger partial charge is 0.276 e. The summed E-state index contributed by atoms with van der Waals surface area (Å²) in [5.41, 5.74) is 8.31. The molecule has 1 aliphatic rings. The predicted octanol–water partition coefficient (Wildman–Crippen LogP) is 3.27. The molecule has 31 heavy (non-hydrogen) atoms. The molecule has 0 saturated heterocycles. The van der Waals surface area contributed by atoms with Crippen molar-refractivity contribution in [3.63, 3.8) is 0 Å². The number of hydrogen-bond acceptors (Lipinski definition) is 7. The second-order valence-electron chi connectivity index (χ2n) is 9.14. The van der Waals surface area contributed by atoms with Crippen LogP contribution in [0.3, 0.4) is 0 Å². The first kappa shape index (κ1) is 21.0. The van der Waals surface area contributed by atoms with Gasteiger partial charge in [-0.15, -0.1) is 5.10 Å². The van der Waals surface area contributed by atoms with Crippen molar-refractivity contribution in [3.05, 3.63) is 42.5 Å². The van der Waals surface area contributed by atoms with Gasteiger partial charge in [-0.2, -0.15) is 0 Å². The molecule has 3 aromatic rings. The Labute approximate surface area is 181 Å². The van der Waals surface area contributed by atoms with E-state index in [1.54, 1.807) is 35.2 Å². The number of fused-ring (bicyclic) bond motifs is 1. The van der Waals surface area contributed by atoms with Crippen LogP contribution in [0.4, 0.5) is 17.2 Å². The van der Waals surface area contributed by atoms with Gasteiger partial charge in [-0.25, -0.2) is 9.50 Å². The largest absolute Gasteiger partial charge is 0.377 e. The fraction of sp³-hybridized carbons (Fsp3) is 0.455. The molecule has 1 aliphatic carbocycles. The Morgan fingerprint density at radius 3 is 2.55 bits per heavy atom. The molecule has 1 amide bonds. The SMILES string of the molecule is CC(C)(C)Nc1cc(NC2CCC(N)CC2)nn2c(C(=O)Nc3ccncc3)cnc12. The average Bonchev–Trinajstić information content (AvgIpc) is 3.14. The number of carbonyl (C=O) groups excluding carboxylic acids is 1. The minimum absolute atomic E-state index is 0.178. The molecule has 9 heteroatoms. The van der Waals surface area contributed by atoms with Crippen LogP contribution in [0.2, 0.25) is 0 Å². The second-order valence-corrected chi connectivity index (χ2v) is 9.14. The van der Waals surface area contributed by atoms with Crippen LogP contribution in [0.1, 0.15) is 56.9 Å². The summed E-state index contributed by atoms with van der Waals surface area (Å²) >= 11 is 0. The Morgan fingerprint density at radius 2 is 1.87 bits per heavy atom. The third-order valence-electron chi connectivity index (χ3n) is 5.27. The lowest BCUT2D eigenvalue weighted by Crippen LogP contribution is -2.33. The fourth-order valence-electron chi connectivity index (χ4n) is 3.79. The van der Waals surface area contributed by atoms with Gasteiger partial charge in [0.2, 0.25) is 0 Å². The van der Waals surface area contributed by atoms with Gasteiger partial charge in [0.25, 0.3) is 5.91 Å². The second kappa shape index (κ2) is 8.50. The van der Waals surface area contributed by atoms with E-state index in [4.69, 9.17) is 10.8 Å². The zero-order chi connectivity index (χ0) is 22.0. The van der Waals surface area contributed by atoms with E-state index in [-0.39, 0.29) is 17.5 Å². The Morgan fingerprint density at radius 1 is 1.16 bits per heavy atom. The minimum Gasteiger partial charge on any atom is -0.377 e.